The van der Waals surface area contributed by atoms with Gasteiger partial charge in [0.2, 0.25) is 0 Å². The number of hydrogen-bond acceptors (Lipinski definition) is 2. The highest BCUT2D eigenvalue weighted by Gasteiger charge is 2.44. The molecule has 2 nitrogen and oxygen atoms in total. The summed E-state index contributed by atoms with van der Waals surface area (Å²) >= 11 is 0. The van der Waals surface area contributed by atoms with Crippen molar-refractivity contribution in [3.8, 4) is 5.75 Å². The van der Waals surface area contributed by atoms with Crippen LogP contribution in [0.1, 0.15) is 32.4 Å². The van der Waals surface area contributed by atoms with Crippen LogP contribution in [0.2, 0.25) is 0 Å². The van der Waals surface area contributed by atoms with E-state index in [0.29, 0.717) is 23.7 Å². The normalized spacial score (nSPS) is 36.4. The fourth-order valence-electron chi connectivity index (χ4n) is 4.13. The van der Waals surface area contributed by atoms with Gasteiger partial charge in [-0.15, -0.1) is 0 Å². The second-order valence-electron chi connectivity index (χ2n) is 6.31. The largest absolute Gasteiger partial charge is 0.496 e. The molecule has 1 fully saturated rings. The standard InChI is InChI=1S/C18H24O2/c1-11-9-12(2)17-13(3)15(11)10-20-18(17)14-7-5-6-8-16(14)19-4/h5-9,11,13,15,17-18H,10H2,1-4H3/t11-,13+,15-,17-,18+/m0/s1. The molecule has 2 heteroatoms. The smallest absolute Gasteiger partial charge is 0.124 e. The molecule has 1 aliphatic heterocycles. The molecular weight excluding hydrogens is 248 g/mol. The van der Waals surface area contributed by atoms with Gasteiger partial charge in [0.1, 0.15) is 5.75 Å². The minimum Gasteiger partial charge on any atom is -0.496 e. The van der Waals surface area contributed by atoms with Gasteiger partial charge in [0.05, 0.1) is 19.8 Å². The van der Waals surface area contributed by atoms with E-state index in [1.54, 1.807) is 7.11 Å². The molecule has 3 rings (SSSR count). The monoisotopic (exact) mass is 272 g/mol. The van der Waals surface area contributed by atoms with Gasteiger partial charge in [-0.25, -0.2) is 0 Å². The number of fused-ring (bicyclic) bond motifs is 2. The summed E-state index contributed by atoms with van der Waals surface area (Å²) in [4.78, 5) is 0. The van der Waals surface area contributed by atoms with Gasteiger partial charge in [-0.1, -0.05) is 43.7 Å². The summed E-state index contributed by atoms with van der Waals surface area (Å²) < 4.78 is 11.8. The Hall–Kier alpha value is -1.28. The van der Waals surface area contributed by atoms with E-state index in [0.717, 1.165) is 12.4 Å². The fraction of sp³-hybridized carbons (Fsp3) is 0.556. The van der Waals surface area contributed by atoms with Crippen molar-refractivity contribution < 1.29 is 9.47 Å². The topological polar surface area (TPSA) is 18.5 Å². The molecule has 1 aliphatic carbocycles. The Morgan fingerprint density at radius 3 is 2.70 bits per heavy atom. The van der Waals surface area contributed by atoms with Crippen LogP contribution in [0.15, 0.2) is 35.9 Å². The molecule has 0 amide bonds. The van der Waals surface area contributed by atoms with Crippen molar-refractivity contribution >= 4 is 0 Å². The second kappa shape index (κ2) is 5.25. The van der Waals surface area contributed by atoms with E-state index in [4.69, 9.17) is 9.47 Å². The zero-order chi connectivity index (χ0) is 14.3. The number of rotatable bonds is 2. The number of hydrogen-bond donors (Lipinski definition) is 0. The Kier molecular flexibility index (Phi) is 3.59. The van der Waals surface area contributed by atoms with Crippen molar-refractivity contribution in [2.75, 3.05) is 13.7 Å². The molecular formula is C18H24O2. The van der Waals surface area contributed by atoms with E-state index in [9.17, 15) is 0 Å². The third kappa shape index (κ3) is 2.07. The predicted molar refractivity (Wildman–Crippen MR) is 80.8 cm³/mol. The van der Waals surface area contributed by atoms with Gasteiger partial charge in [-0.2, -0.15) is 0 Å². The van der Waals surface area contributed by atoms with Crippen molar-refractivity contribution in [3.05, 3.63) is 41.5 Å². The van der Waals surface area contributed by atoms with Gasteiger partial charge < -0.3 is 9.47 Å². The number of para-hydroxylation sites is 1. The summed E-state index contributed by atoms with van der Waals surface area (Å²) in [5.74, 6) is 3.35. The summed E-state index contributed by atoms with van der Waals surface area (Å²) in [7, 11) is 1.74. The molecule has 20 heavy (non-hydrogen) atoms. The van der Waals surface area contributed by atoms with E-state index in [2.05, 4.69) is 39.0 Å². The van der Waals surface area contributed by atoms with Crippen molar-refractivity contribution in [3.63, 3.8) is 0 Å². The van der Waals surface area contributed by atoms with Crippen molar-refractivity contribution in [2.45, 2.75) is 26.9 Å². The van der Waals surface area contributed by atoms with Crippen LogP contribution in [0.5, 0.6) is 5.75 Å². The molecule has 1 saturated heterocycles. The highest BCUT2D eigenvalue weighted by Crippen LogP contribution is 2.50. The molecule has 2 aliphatic rings. The Labute approximate surface area is 121 Å². The zero-order valence-corrected chi connectivity index (χ0v) is 12.8. The van der Waals surface area contributed by atoms with Crippen LogP contribution < -0.4 is 4.74 Å². The zero-order valence-electron chi connectivity index (χ0n) is 12.8. The summed E-state index contributed by atoms with van der Waals surface area (Å²) in [6.07, 6.45) is 2.57. The van der Waals surface area contributed by atoms with Crippen LogP contribution in [-0.4, -0.2) is 13.7 Å². The van der Waals surface area contributed by atoms with Gasteiger partial charge in [-0.3, -0.25) is 0 Å². The molecule has 1 aromatic carbocycles. The maximum absolute atomic E-state index is 6.26. The number of methoxy groups -OCH3 is 1. The quantitative estimate of drug-likeness (QED) is 0.750. The highest BCUT2D eigenvalue weighted by molar-refractivity contribution is 5.37. The molecule has 5 atom stereocenters. The molecule has 1 heterocycles. The Balaban J connectivity index is 2.01. The van der Waals surface area contributed by atoms with Crippen LogP contribution >= 0.6 is 0 Å². The summed E-state index contributed by atoms with van der Waals surface area (Å²) in [6.45, 7) is 7.80. The lowest BCUT2D eigenvalue weighted by Gasteiger charge is -2.47. The average Bonchev–Trinajstić information content (AvgIpc) is 2.44. The van der Waals surface area contributed by atoms with E-state index >= 15 is 0 Å². The first kappa shape index (κ1) is 13.7. The van der Waals surface area contributed by atoms with Crippen LogP contribution in [0, 0.1) is 23.7 Å². The lowest BCUT2D eigenvalue weighted by Crippen LogP contribution is -2.42. The molecule has 0 saturated carbocycles. The third-order valence-electron chi connectivity index (χ3n) is 5.21. The van der Waals surface area contributed by atoms with E-state index in [-0.39, 0.29) is 6.10 Å². The first-order chi connectivity index (χ1) is 9.63. The Bertz CT molecular complexity index is 520. The Morgan fingerprint density at radius 2 is 1.95 bits per heavy atom. The van der Waals surface area contributed by atoms with Crippen LogP contribution in [0.25, 0.3) is 0 Å². The van der Waals surface area contributed by atoms with E-state index in [1.807, 2.05) is 12.1 Å². The van der Waals surface area contributed by atoms with E-state index < -0.39 is 0 Å². The number of benzene rings is 1. The van der Waals surface area contributed by atoms with Gasteiger partial charge in [0.25, 0.3) is 0 Å². The fourth-order valence-corrected chi connectivity index (χ4v) is 4.13. The molecule has 0 spiro atoms. The summed E-state index contributed by atoms with van der Waals surface area (Å²) in [5.41, 5.74) is 2.66. The number of allylic oxidation sites excluding steroid dienone is 1. The molecule has 0 unspecified atom stereocenters. The van der Waals surface area contributed by atoms with Crippen molar-refractivity contribution in [1.82, 2.24) is 0 Å². The maximum Gasteiger partial charge on any atom is 0.124 e. The first-order valence-electron chi connectivity index (χ1n) is 7.56. The maximum atomic E-state index is 6.26. The molecule has 1 aromatic rings. The van der Waals surface area contributed by atoms with Gasteiger partial charge in [0, 0.05) is 11.5 Å². The highest BCUT2D eigenvalue weighted by atomic mass is 16.5. The third-order valence-corrected chi connectivity index (χ3v) is 5.21. The Morgan fingerprint density at radius 1 is 1.20 bits per heavy atom. The SMILES string of the molecule is COc1ccccc1[C@H]1OC[C@@H]2[C@@H](C)[C@@H]1C(C)=C[C@@H]2C. The average molecular weight is 272 g/mol. The van der Waals surface area contributed by atoms with Gasteiger partial charge in [-0.05, 0) is 30.7 Å². The second-order valence-corrected chi connectivity index (χ2v) is 6.31. The molecule has 0 radical (unpaired) electrons. The van der Waals surface area contributed by atoms with Crippen molar-refractivity contribution in [1.29, 1.82) is 0 Å². The van der Waals surface area contributed by atoms with E-state index in [1.165, 1.54) is 11.1 Å². The minimum atomic E-state index is 0.126. The van der Waals surface area contributed by atoms with Crippen molar-refractivity contribution in [2.24, 2.45) is 23.7 Å². The van der Waals surface area contributed by atoms with Crippen LogP contribution in [-0.2, 0) is 4.74 Å². The number of ether oxygens (including phenoxy) is 2. The lowest BCUT2D eigenvalue weighted by molar-refractivity contribution is -0.0941. The van der Waals surface area contributed by atoms with Gasteiger partial charge >= 0.3 is 0 Å². The lowest BCUT2D eigenvalue weighted by atomic mass is 9.64. The predicted octanol–water partition coefficient (Wildman–Crippen LogP) is 4.23. The minimum absolute atomic E-state index is 0.126. The first-order valence-corrected chi connectivity index (χ1v) is 7.56. The van der Waals surface area contributed by atoms with Crippen LogP contribution in [0.4, 0.5) is 0 Å². The summed E-state index contributed by atoms with van der Waals surface area (Å²) in [6, 6.07) is 8.26. The summed E-state index contributed by atoms with van der Waals surface area (Å²) in [5, 5.41) is 0. The van der Waals surface area contributed by atoms with Gasteiger partial charge in [0.15, 0.2) is 0 Å². The molecule has 0 N–H and O–H groups in total. The molecule has 0 aromatic heterocycles. The van der Waals surface area contributed by atoms with Crippen LogP contribution in [0.3, 0.4) is 0 Å². The molecule has 108 valence electrons. The molecule has 2 bridgehead atoms.